The van der Waals surface area contributed by atoms with Gasteiger partial charge in [-0.05, 0) is 69.7 Å². The normalized spacial score (nSPS) is 11.5. The van der Waals surface area contributed by atoms with Crippen LogP contribution in [0.5, 0.6) is 5.75 Å². The van der Waals surface area contributed by atoms with Crippen molar-refractivity contribution in [3.63, 3.8) is 0 Å². The van der Waals surface area contributed by atoms with E-state index in [-0.39, 0.29) is 10.6 Å². The number of hydrogen-bond acceptors (Lipinski definition) is 4. The van der Waals surface area contributed by atoms with E-state index in [1.165, 1.54) is 0 Å². The number of aryl methyl sites for hydroxylation is 4. The first-order valence-electron chi connectivity index (χ1n) is 7.92. The van der Waals surface area contributed by atoms with Gasteiger partial charge in [-0.3, -0.25) is 0 Å². The first kappa shape index (κ1) is 17.2. The molecule has 1 aromatic heterocycles. The Labute approximate surface area is 148 Å². The van der Waals surface area contributed by atoms with Gasteiger partial charge in [-0.15, -0.1) is 0 Å². The average molecular weight is 356 g/mol. The molecule has 2 aromatic carbocycles. The molecule has 6 heteroatoms. The Balaban J connectivity index is 1.91. The molecule has 0 aliphatic heterocycles. The zero-order chi connectivity index (χ0) is 18.2. The summed E-state index contributed by atoms with van der Waals surface area (Å²) >= 11 is 0. The Hall–Kier alpha value is -2.60. The summed E-state index contributed by atoms with van der Waals surface area (Å²) in [6, 6.07) is 13.7. The molecule has 0 saturated carbocycles. The van der Waals surface area contributed by atoms with Gasteiger partial charge in [-0.25, -0.2) is 4.68 Å². The van der Waals surface area contributed by atoms with Gasteiger partial charge in [0, 0.05) is 5.69 Å². The fourth-order valence-corrected chi connectivity index (χ4v) is 3.59. The van der Waals surface area contributed by atoms with E-state index in [2.05, 4.69) is 5.10 Å². The molecule has 0 spiro atoms. The third kappa shape index (κ3) is 3.58. The van der Waals surface area contributed by atoms with Crippen molar-refractivity contribution in [2.75, 3.05) is 0 Å². The van der Waals surface area contributed by atoms with Gasteiger partial charge in [-0.2, -0.15) is 13.5 Å². The van der Waals surface area contributed by atoms with Crippen molar-refractivity contribution < 1.29 is 12.6 Å². The van der Waals surface area contributed by atoms with E-state index in [4.69, 9.17) is 4.18 Å². The number of nitrogens with zero attached hydrogens (tertiary/aromatic N) is 2. The van der Waals surface area contributed by atoms with Crippen LogP contribution in [0.2, 0.25) is 0 Å². The summed E-state index contributed by atoms with van der Waals surface area (Å²) in [5, 5.41) is 4.46. The molecule has 0 radical (unpaired) electrons. The van der Waals surface area contributed by atoms with Crippen LogP contribution in [0.3, 0.4) is 0 Å². The maximum Gasteiger partial charge on any atom is 0.339 e. The largest absolute Gasteiger partial charge is 0.379 e. The molecule has 0 atom stereocenters. The van der Waals surface area contributed by atoms with Gasteiger partial charge in [0.1, 0.15) is 10.6 Å². The molecule has 0 bridgehead atoms. The van der Waals surface area contributed by atoms with Crippen LogP contribution in [0, 0.1) is 27.7 Å². The number of benzene rings is 2. The summed E-state index contributed by atoms with van der Waals surface area (Å²) in [5.41, 5.74) is 4.71. The summed E-state index contributed by atoms with van der Waals surface area (Å²) in [6.07, 6.45) is 0. The van der Waals surface area contributed by atoms with Crippen molar-refractivity contribution in [3.8, 4) is 11.4 Å². The first-order valence-corrected chi connectivity index (χ1v) is 9.32. The van der Waals surface area contributed by atoms with E-state index in [0.29, 0.717) is 0 Å². The van der Waals surface area contributed by atoms with Crippen molar-refractivity contribution >= 4 is 10.1 Å². The molecule has 0 aliphatic rings. The predicted molar refractivity (Wildman–Crippen MR) is 96.8 cm³/mol. The Morgan fingerprint density at radius 2 is 1.60 bits per heavy atom. The topological polar surface area (TPSA) is 61.2 Å². The quantitative estimate of drug-likeness (QED) is 0.666. The molecule has 0 fully saturated rings. The lowest BCUT2D eigenvalue weighted by molar-refractivity contribution is 0.486. The van der Waals surface area contributed by atoms with Crippen LogP contribution >= 0.6 is 0 Å². The Morgan fingerprint density at radius 3 is 2.16 bits per heavy atom. The molecule has 3 aromatic rings. The summed E-state index contributed by atoms with van der Waals surface area (Å²) in [6.45, 7) is 7.71. The zero-order valence-electron chi connectivity index (χ0n) is 14.6. The molecule has 3 rings (SSSR count). The van der Waals surface area contributed by atoms with E-state index >= 15 is 0 Å². The van der Waals surface area contributed by atoms with Gasteiger partial charge in [0.25, 0.3) is 0 Å². The lowest BCUT2D eigenvalue weighted by atomic mass is 10.2. The lowest BCUT2D eigenvalue weighted by Gasteiger charge is -2.11. The summed E-state index contributed by atoms with van der Waals surface area (Å²) in [5.74, 6) is 0.281. The highest BCUT2D eigenvalue weighted by Crippen LogP contribution is 2.24. The maximum atomic E-state index is 12.4. The minimum absolute atomic E-state index is 0.137. The molecule has 0 saturated heterocycles. The van der Waals surface area contributed by atoms with Crippen LogP contribution in [0.1, 0.15) is 22.5 Å². The highest BCUT2D eigenvalue weighted by Gasteiger charge is 2.17. The van der Waals surface area contributed by atoms with Gasteiger partial charge in [0.2, 0.25) is 0 Å². The Morgan fingerprint density at radius 1 is 0.920 bits per heavy atom. The molecular formula is C19H20N2O3S. The van der Waals surface area contributed by atoms with Crippen LogP contribution in [0.25, 0.3) is 5.69 Å². The second-order valence-electron chi connectivity index (χ2n) is 6.14. The van der Waals surface area contributed by atoms with Crippen molar-refractivity contribution in [2.45, 2.75) is 32.6 Å². The molecule has 0 N–H and O–H groups in total. The summed E-state index contributed by atoms with van der Waals surface area (Å²) < 4.78 is 31.9. The van der Waals surface area contributed by atoms with Crippen LogP contribution in [-0.2, 0) is 10.1 Å². The van der Waals surface area contributed by atoms with Gasteiger partial charge < -0.3 is 4.18 Å². The monoisotopic (exact) mass is 356 g/mol. The fraction of sp³-hybridized carbons (Fsp3) is 0.211. The molecule has 5 nitrogen and oxygen atoms in total. The number of rotatable bonds is 4. The molecule has 0 aliphatic carbocycles. The SMILES string of the molecule is Cc1ccc(S(=O)(=O)Oc2ccc(-n3nc(C)cc3C)c(C)c2)cc1. The molecule has 1 heterocycles. The highest BCUT2D eigenvalue weighted by atomic mass is 32.2. The fourth-order valence-electron chi connectivity index (χ4n) is 2.67. The standard InChI is InChI=1S/C19H20N2O3S/c1-13-5-8-18(9-6-13)25(22,23)24-17-7-10-19(14(2)11-17)21-16(4)12-15(3)20-21/h5-12H,1-4H3. The van der Waals surface area contributed by atoms with E-state index in [9.17, 15) is 8.42 Å². The molecule has 0 amide bonds. The van der Waals surface area contributed by atoms with Crippen molar-refractivity contribution in [3.05, 3.63) is 71.0 Å². The van der Waals surface area contributed by atoms with Gasteiger partial charge in [0.05, 0.1) is 11.4 Å². The maximum absolute atomic E-state index is 12.4. The number of aromatic nitrogens is 2. The third-order valence-electron chi connectivity index (χ3n) is 3.92. The van der Waals surface area contributed by atoms with E-state index < -0.39 is 10.1 Å². The minimum Gasteiger partial charge on any atom is -0.379 e. The molecule has 25 heavy (non-hydrogen) atoms. The van der Waals surface area contributed by atoms with Crippen molar-refractivity contribution in [2.24, 2.45) is 0 Å². The second kappa shape index (κ2) is 6.37. The van der Waals surface area contributed by atoms with E-state index in [1.807, 2.05) is 44.5 Å². The van der Waals surface area contributed by atoms with Crippen LogP contribution in [0.15, 0.2) is 53.4 Å². The smallest absolute Gasteiger partial charge is 0.339 e. The predicted octanol–water partition coefficient (Wildman–Crippen LogP) is 3.87. The zero-order valence-corrected chi connectivity index (χ0v) is 15.5. The number of hydrogen-bond donors (Lipinski definition) is 0. The van der Waals surface area contributed by atoms with E-state index in [0.717, 1.165) is 28.2 Å². The van der Waals surface area contributed by atoms with Crippen molar-refractivity contribution in [1.82, 2.24) is 9.78 Å². The van der Waals surface area contributed by atoms with Crippen LogP contribution < -0.4 is 4.18 Å². The Kier molecular flexibility index (Phi) is 4.39. The summed E-state index contributed by atoms with van der Waals surface area (Å²) in [7, 11) is -3.85. The van der Waals surface area contributed by atoms with E-state index in [1.54, 1.807) is 36.4 Å². The van der Waals surface area contributed by atoms with Gasteiger partial charge >= 0.3 is 10.1 Å². The van der Waals surface area contributed by atoms with Crippen LogP contribution in [0.4, 0.5) is 0 Å². The van der Waals surface area contributed by atoms with Gasteiger partial charge in [0.15, 0.2) is 0 Å². The highest BCUT2D eigenvalue weighted by molar-refractivity contribution is 7.87. The van der Waals surface area contributed by atoms with Crippen molar-refractivity contribution in [1.29, 1.82) is 0 Å². The first-order chi connectivity index (χ1) is 11.8. The molecule has 130 valence electrons. The minimum atomic E-state index is -3.85. The average Bonchev–Trinajstić information content (AvgIpc) is 2.86. The Bertz CT molecular complexity index is 1020. The lowest BCUT2D eigenvalue weighted by Crippen LogP contribution is -2.10. The van der Waals surface area contributed by atoms with Gasteiger partial charge in [-0.1, -0.05) is 17.7 Å². The molecular weight excluding hydrogens is 336 g/mol. The third-order valence-corrected chi connectivity index (χ3v) is 5.18. The van der Waals surface area contributed by atoms with Crippen LogP contribution in [-0.4, -0.2) is 18.2 Å². The second-order valence-corrected chi connectivity index (χ2v) is 7.68. The molecule has 0 unspecified atom stereocenters. The summed E-state index contributed by atoms with van der Waals surface area (Å²) in [4.78, 5) is 0.137.